The van der Waals surface area contributed by atoms with Crippen molar-refractivity contribution in [3.05, 3.63) is 0 Å². The van der Waals surface area contributed by atoms with E-state index in [0.717, 1.165) is 12.8 Å². The maximum atomic E-state index is 11.6. The fourth-order valence-corrected chi connectivity index (χ4v) is 1.98. The van der Waals surface area contributed by atoms with Crippen LogP contribution in [0.15, 0.2) is 0 Å². The van der Waals surface area contributed by atoms with E-state index < -0.39 is 5.60 Å². The normalized spacial score (nSPS) is 16.9. The van der Waals surface area contributed by atoms with Crippen LogP contribution in [0.1, 0.15) is 59.3 Å². The monoisotopic (exact) mass is 241 g/mol. The molecule has 4 nitrogen and oxygen atoms in total. The third-order valence-corrected chi connectivity index (χ3v) is 2.70. The smallest absolute Gasteiger partial charge is 0.306 e. The van der Waals surface area contributed by atoms with Crippen LogP contribution < -0.4 is 5.32 Å². The second-order valence-corrected chi connectivity index (χ2v) is 5.64. The van der Waals surface area contributed by atoms with E-state index in [0.29, 0.717) is 6.04 Å². The van der Waals surface area contributed by atoms with Gasteiger partial charge in [-0.3, -0.25) is 9.59 Å². The third-order valence-electron chi connectivity index (χ3n) is 2.70. The van der Waals surface area contributed by atoms with Gasteiger partial charge in [0.05, 0.1) is 6.42 Å². The van der Waals surface area contributed by atoms with Crippen molar-refractivity contribution in [2.75, 3.05) is 0 Å². The van der Waals surface area contributed by atoms with Crippen LogP contribution in [0.2, 0.25) is 0 Å². The number of carbonyl (C=O) groups is 2. The number of amides is 1. The van der Waals surface area contributed by atoms with Gasteiger partial charge in [-0.1, -0.05) is 12.8 Å². The van der Waals surface area contributed by atoms with Crippen molar-refractivity contribution in [3.8, 4) is 0 Å². The minimum atomic E-state index is -0.473. The van der Waals surface area contributed by atoms with Crippen LogP contribution in [-0.2, 0) is 14.3 Å². The SMILES string of the molecule is CC(C)(C)OC(=O)CCC(=O)NC1CCCC1. The molecule has 0 bridgehead atoms. The molecule has 1 saturated carbocycles. The van der Waals surface area contributed by atoms with E-state index in [2.05, 4.69) is 5.32 Å². The summed E-state index contributed by atoms with van der Waals surface area (Å²) >= 11 is 0. The minimum absolute atomic E-state index is 0.0391. The molecule has 0 heterocycles. The Morgan fingerprint density at radius 3 is 2.29 bits per heavy atom. The van der Waals surface area contributed by atoms with E-state index in [1.807, 2.05) is 20.8 Å². The van der Waals surface area contributed by atoms with Gasteiger partial charge in [0.25, 0.3) is 0 Å². The Bertz CT molecular complexity index is 275. The number of carbonyl (C=O) groups excluding carboxylic acids is 2. The van der Waals surface area contributed by atoms with E-state index in [9.17, 15) is 9.59 Å². The van der Waals surface area contributed by atoms with E-state index in [-0.39, 0.29) is 24.7 Å². The average Bonchev–Trinajstić information content (AvgIpc) is 2.64. The van der Waals surface area contributed by atoms with Gasteiger partial charge in [0.1, 0.15) is 5.60 Å². The van der Waals surface area contributed by atoms with E-state index in [1.165, 1.54) is 12.8 Å². The number of rotatable bonds is 4. The molecule has 4 heteroatoms. The van der Waals surface area contributed by atoms with Gasteiger partial charge in [0.15, 0.2) is 0 Å². The van der Waals surface area contributed by atoms with Crippen molar-refractivity contribution in [2.45, 2.75) is 70.9 Å². The molecule has 1 aliphatic rings. The van der Waals surface area contributed by atoms with Gasteiger partial charge in [0.2, 0.25) is 5.91 Å². The van der Waals surface area contributed by atoms with Crippen molar-refractivity contribution >= 4 is 11.9 Å². The van der Waals surface area contributed by atoms with Crippen molar-refractivity contribution in [3.63, 3.8) is 0 Å². The summed E-state index contributed by atoms with van der Waals surface area (Å²) in [4.78, 5) is 22.9. The molecule has 0 spiro atoms. The van der Waals surface area contributed by atoms with Gasteiger partial charge in [-0.05, 0) is 33.6 Å². The van der Waals surface area contributed by atoms with Crippen LogP contribution in [0.5, 0.6) is 0 Å². The van der Waals surface area contributed by atoms with Crippen LogP contribution in [-0.4, -0.2) is 23.5 Å². The molecule has 1 amide bonds. The zero-order chi connectivity index (χ0) is 12.9. The molecule has 0 aromatic heterocycles. The fraction of sp³-hybridized carbons (Fsp3) is 0.846. The van der Waals surface area contributed by atoms with Crippen LogP contribution in [0, 0.1) is 0 Å². The topological polar surface area (TPSA) is 55.4 Å². The van der Waals surface area contributed by atoms with Crippen LogP contribution in [0.3, 0.4) is 0 Å². The summed E-state index contributed by atoms with van der Waals surface area (Å²) in [6.45, 7) is 5.47. The quantitative estimate of drug-likeness (QED) is 0.767. The highest BCUT2D eigenvalue weighted by Crippen LogP contribution is 2.17. The van der Waals surface area contributed by atoms with Gasteiger partial charge >= 0.3 is 5.97 Å². The standard InChI is InChI=1S/C13H23NO3/c1-13(2,3)17-12(16)9-8-11(15)14-10-6-4-5-7-10/h10H,4-9H2,1-3H3,(H,14,15). The lowest BCUT2D eigenvalue weighted by atomic mass is 10.2. The molecule has 98 valence electrons. The third kappa shape index (κ3) is 6.29. The lowest BCUT2D eigenvalue weighted by Crippen LogP contribution is -2.33. The molecule has 17 heavy (non-hydrogen) atoms. The largest absolute Gasteiger partial charge is 0.460 e. The summed E-state index contributed by atoms with van der Waals surface area (Å²) in [5.41, 5.74) is -0.473. The Labute approximate surface area is 103 Å². The molecule has 1 aliphatic carbocycles. The zero-order valence-electron chi connectivity index (χ0n) is 11.0. The van der Waals surface area contributed by atoms with Crippen LogP contribution in [0.25, 0.3) is 0 Å². The Kier molecular flexibility index (Phi) is 4.97. The molecule has 0 aromatic carbocycles. The predicted octanol–water partition coefficient (Wildman–Crippen LogP) is 2.17. The average molecular weight is 241 g/mol. The van der Waals surface area contributed by atoms with Crippen LogP contribution in [0.4, 0.5) is 0 Å². The first kappa shape index (κ1) is 14.0. The lowest BCUT2D eigenvalue weighted by Gasteiger charge is -2.19. The van der Waals surface area contributed by atoms with Crippen LogP contribution >= 0.6 is 0 Å². The van der Waals surface area contributed by atoms with Gasteiger partial charge in [-0.15, -0.1) is 0 Å². The summed E-state index contributed by atoms with van der Waals surface area (Å²) in [5.74, 6) is -0.346. The Balaban J connectivity index is 2.16. The highest BCUT2D eigenvalue weighted by atomic mass is 16.6. The van der Waals surface area contributed by atoms with Gasteiger partial charge in [0, 0.05) is 12.5 Å². The molecule has 1 fully saturated rings. The number of ether oxygens (including phenoxy) is 1. The molecular formula is C13H23NO3. The molecule has 0 saturated heterocycles. The second kappa shape index (κ2) is 6.03. The summed E-state index contributed by atoms with van der Waals surface area (Å²) < 4.78 is 5.14. The summed E-state index contributed by atoms with van der Waals surface area (Å²) in [5, 5.41) is 2.95. The van der Waals surface area contributed by atoms with Crippen molar-refractivity contribution in [1.82, 2.24) is 5.32 Å². The van der Waals surface area contributed by atoms with Gasteiger partial charge in [-0.25, -0.2) is 0 Å². The molecule has 0 atom stereocenters. The van der Waals surface area contributed by atoms with E-state index >= 15 is 0 Å². The predicted molar refractivity (Wildman–Crippen MR) is 65.5 cm³/mol. The maximum absolute atomic E-state index is 11.6. The van der Waals surface area contributed by atoms with E-state index in [4.69, 9.17) is 4.74 Å². The van der Waals surface area contributed by atoms with Gasteiger partial charge < -0.3 is 10.1 Å². The number of hydrogen-bond donors (Lipinski definition) is 1. The molecule has 0 aromatic rings. The zero-order valence-corrected chi connectivity index (χ0v) is 11.0. The van der Waals surface area contributed by atoms with Crippen molar-refractivity contribution in [2.24, 2.45) is 0 Å². The molecular weight excluding hydrogens is 218 g/mol. The highest BCUT2D eigenvalue weighted by molar-refractivity contribution is 5.81. The molecule has 0 unspecified atom stereocenters. The summed E-state index contributed by atoms with van der Waals surface area (Å²) in [7, 11) is 0. The first-order valence-corrected chi connectivity index (χ1v) is 6.38. The fourth-order valence-electron chi connectivity index (χ4n) is 1.98. The number of nitrogens with one attached hydrogen (secondary N) is 1. The number of esters is 1. The van der Waals surface area contributed by atoms with Crippen molar-refractivity contribution in [1.29, 1.82) is 0 Å². The summed E-state index contributed by atoms with van der Waals surface area (Å²) in [6, 6.07) is 0.320. The first-order chi connectivity index (χ1) is 7.87. The Morgan fingerprint density at radius 2 is 1.76 bits per heavy atom. The maximum Gasteiger partial charge on any atom is 0.306 e. The summed E-state index contributed by atoms with van der Waals surface area (Å²) in [6.07, 6.45) is 4.91. The van der Waals surface area contributed by atoms with E-state index in [1.54, 1.807) is 0 Å². The highest BCUT2D eigenvalue weighted by Gasteiger charge is 2.19. The first-order valence-electron chi connectivity index (χ1n) is 6.38. The molecule has 1 N–H and O–H groups in total. The molecule has 1 rings (SSSR count). The van der Waals surface area contributed by atoms with Gasteiger partial charge in [-0.2, -0.15) is 0 Å². The number of hydrogen-bond acceptors (Lipinski definition) is 3. The molecule has 0 radical (unpaired) electrons. The molecule has 0 aliphatic heterocycles. The Morgan fingerprint density at radius 1 is 1.18 bits per heavy atom. The Hall–Kier alpha value is -1.06. The lowest BCUT2D eigenvalue weighted by molar-refractivity contribution is -0.155. The minimum Gasteiger partial charge on any atom is -0.460 e. The van der Waals surface area contributed by atoms with Crippen molar-refractivity contribution < 1.29 is 14.3 Å². The second-order valence-electron chi connectivity index (χ2n) is 5.64.